The van der Waals surface area contributed by atoms with E-state index < -0.39 is 0 Å². The maximum atomic E-state index is 11.8. The molecule has 2 rings (SSSR count). The third-order valence-electron chi connectivity index (χ3n) is 2.51. The molecule has 0 aliphatic heterocycles. The van der Waals surface area contributed by atoms with E-state index in [1.807, 2.05) is 25.3 Å². The molecule has 2 aromatic rings. The van der Waals surface area contributed by atoms with Gasteiger partial charge in [0.25, 0.3) is 0 Å². The second-order valence-corrected chi connectivity index (χ2v) is 4.90. The number of carbonyl (C=O) groups excluding carboxylic acids is 1. The number of aromatic nitrogens is 2. The first kappa shape index (κ1) is 11.9. The average molecular weight is 250 g/mol. The van der Waals surface area contributed by atoms with Gasteiger partial charge >= 0.3 is 5.97 Å². The molecule has 2 heterocycles. The Morgan fingerprint density at radius 1 is 1.53 bits per heavy atom. The highest BCUT2D eigenvalue weighted by atomic mass is 32.1. The number of hydrogen-bond donors (Lipinski definition) is 0. The van der Waals surface area contributed by atoms with Crippen molar-refractivity contribution in [3.63, 3.8) is 0 Å². The Morgan fingerprint density at radius 2 is 2.29 bits per heavy atom. The first-order chi connectivity index (χ1) is 8.08. The molecule has 5 heteroatoms. The van der Waals surface area contributed by atoms with E-state index in [1.54, 1.807) is 29.1 Å². The molecule has 0 aliphatic carbocycles. The number of esters is 1. The van der Waals surface area contributed by atoms with Gasteiger partial charge in [-0.15, -0.1) is 11.3 Å². The van der Waals surface area contributed by atoms with Gasteiger partial charge in [0.2, 0.25) is 0 Å². The summed E-state index contributed by atoms with van der Waals surface area (Å²) in [4.78, 5) is 12.9. The Bertz CT molecular complexity index is 542. The number of ether oxygens (including phenoxy) is 1. The van der Waals surface area contributed by atoms with Gasteiger partial charge in [0, 0.05) is 11.9 Å². The lowest BCUT2D eigenvalue weighted by Gasteiger charge is -2.04. The lowest BCUT2D eigenvalue weighted by molar-refractivity contribution is 0.0463. The van der Waals surface area contributed by atoms with Crippen molar-refractivity contribution in [2.45, 2.75) is 20.5 Å². The van der Waals surface area contributed by atoms with Crippen LogP contribution in [0.15, 0.2) is 17.5 Å². The van der Waals surface area contributed by atoms with Crippen LogP contribution in [0.4, 0.5) is 0 Å². The van der Waals surface area contributed by atoms with E-state index in [1.165, 1.54) is 0 Å². The third-order valence-corrected chi connectivity index (χ3v) is 3.51. The van der Waals surface area contributed by atoms with Gasteiger partial charge in [-0.05, 0) is 36.9 Å². The summed E-state index contributed by atoms with van der Waals surface area (Å²) in [5.74, 6) is -0.332. The third kappa shape index (κ3) is 2.55. The topological polar surface area (TPSA) is 44.1 Å². The lowest BCUT2D eigenvalue weighted by atomic mass is 10.3. The Morgan fingerprint density at radius 3 is 2.82 bits per heavy atom. The number of thiophene rings is 1. The Labute approximate surface area is 104 Å². The zero-order valence-corrected chi connectivity index (χ0v) is 10.9. The summed E-state index contributed by atoms with van der Waals surface area (Å²) in [6.45, 7) is 4.18. The van der Waals surface area contributed by atoms with Gasteiger partial charge in [-0.3, -0.25) is 4.68 Å². The molecule has 0 aliphatic rings. The van der Waals surface area contributed by atoms with E-state index in [4.69, 9.17) is 4.74 Å². The molecule has 0 unspecified atom stereocenters. The number of hydrogen-bond acceptors (Lipinski definition) is 4. The predicted molar refractivity (Wildman–Crippen MR) is 66.1 cm³/mol. The highest BCUT2D eigenvalue weighted by molar-refractivity contribution is 7.10. The van der Waals surface area contributed by atoms with Gasteiger partial charge < -0.3 is 4.74 Å². The fourth-order valence-corrected chi connectivity index (χ4v) is 2.38. The van der Waals surface area contributed by atoms with Crippen LogP contribution in [0, 0.1) is 13.8 Å². The summed E-state index contributed by atoms with van der Waals surface area (Å²) in [5.41, 5.74) is 2.45. The number of rotatable bonds is 3. The smallest absolute Gasteiger partial charge is 0.356 e. The molecule has 0 atom stereocenters. The maximum absolute atomic E-state index is 11.8. The molecule has 4 nitrogen and oxygen atoms in total. The molecule has 0 amide bonds. The minimum atomic E-state index is -0.332. The van der Waals surface area contributed by atoms with E-state index in [0.717, 1.165) is 16.1 Å². The molecular weight excluding hydrogens is 236 g/mol. The fourth-order valence-electron chi connectivity index (χ4n) is 1.56. The molecule has 90 valence electrons. The van der Waals surface area contributed by atoms with Crippen molar-refractivity contribution < 1.29 is 9.53 Å². The fraction of sp³-hybridized carbons (Fsp3) is 0.333. The zero-order valence-electron chi connectivity index (χ0n) is 10.1. The molecule has 0 saturated heterocycles. The first-order valence-corrected chi connectivity index (χ1v) is 6.16. The highest BCUT2D eigenvalue weighted by Crippen LogP contribution is 2.17. The predicted octanol–water partition coefficient (Wildman–Crippen LogP) is 2.46. The molecule has 0 aromatic carbocycles. The van der Waals surface area contributed by atoms with Crippen LogP contribution in [0.1, 0.15) is 26.6 Å². The van der Waals surface area contributed by atoms with Crippen LogP contribution < -0.4 is 0 Å². The molecule has 0 spiro atoms. The molecule has 17 heavy (non-hydrogen) atoms. The summed E-state index contributed by atoms with van der Waals surface area (Å²) in [6, 6.07) is 3.74. The van der Waals surface area contributed by atoms with Crippen LogP contribution in [0.5, 0.6) is 0 Å². The van der Waals surface area contributed by atoms with Crippen LogP contribution >= 0.6 is 11.3 Å². The Kier molecular flexibility index (Phi) is 3.28. The molecule has 0 bridgehead atoms. The minimum Gasteiger partial charge on any atom is -0.455 e. The minimum absolute atomic E-state index is 0.326. The number of carbonyl (C=O) groups is 1. The quantitative estimate of drug-likeness (QED) is 0.786. The highest BCUT2D eigenvalue weighted by Gasteiger charge is 2.13. The first-order valence-electron chi connectivity index (χ1n) is 5.28. The van der Waals surface area contributed by atoms with Crippen LogP contribution in [0.2, 0.25) is 0 Å². The largest absolute Gasteiger partial charge is 0.455 e. The molecule has 0 radical (unpaired) electrons. The number of nitrogens with zero attached hydrogens (tertiary/aromatic N) is 2. The van der Waals surface area contributed by atoms with Crippen molar-refractivity contribution in [2.24, 2.45) is 7.05 Å². The summed E-state index contributed by atoms with van der Waals surface area (Å²) < 4.78 is 6.80. The van der Waals surface area contributed by atoms with Crippen molar-refractivity contribution in [3.05, 3.63) is 39.3 Å². The summed E-state index contributed by atoms with van der Waals surface area (Å²) in [6.07, 6.45) is 0. The van der Waals surface area contributed by atoms with Crippen molar-refractivity contribution in [1.29, 1.82) is 0 Å². The van der Waals surface area contributed by atoms with Gasteiger partial charge in [-0.25, -0.2) is 4.79 Å². The summed E-state index contributed by atoms with van der Waals surface area (Å²) >= 11 is 1.60. The molecule has 0 saturated carbocycles. The van der Waals surface area contributed by atoms with Gasteiger partial charge in [-0.2, -0.15) is 5.10 Å². The molecule has 0 N–H and O–H groups in total. The monoisotopic (exact) mass is 250 g/mol. The molecular formula is C12H14N2O2S. The second kappa shape index (κ2) is 4.71. The van der Waals surface area contributed by atoms with E-state index in [2.05, 4.69) is 5.10 Å². The second-order valence-electron chi connectivity index (χ2n) is 3.90. The van der Waals surface area contributed by atoms with Crippen molar-refractivity contribution in [1.82, 2.24) is 9.78 Å². The summed E-state index contributed by atoms with van der Waals surface area (Å²) in [5, 5.41) is 6.11. The van der Waals surface area contributed by atoms with Crippen LogP contribution in [0.25, 0.3) is 0 Å². The number of aryl methyl sites for hydroxylation is 3. The summed E-state index contributed by atoms with van der Waals surface area (Å²) in [7, 11) is 1.74. The van der Waals surface area contributed by atoms with Gasteiger partial charge in [-0.1, -0.05) is 0 Å². The van der Waals surface area contributed by atoms with Gasteiger partial charge in [0.05, 0.1) is 5.69 Å². The average Bonchev–Trinajstić information content (AvgIpc) is 2.81. The van der Waals surface area contributed by atoms with Crippen LogP contribution in [0.3, 0.4) is 0 Å². The standard InChI is InChI=1S/C12H14N2O2S/c1-8-4-5-17-11(8)7-16-12(15)10-6-9(2)13-14(10)3/h4-6H,7H2,1-3H3. The van der Waals surface area contributed by atoms with E-state index in [-0.39, 0.29) is 5.97 Å². The van der Waals surface area contributed by atoms with Crippen molar-refractivity contribution >= 4 is 17.3 Å². The normalized spacial score (nSPS) is 10.5. The molecule has 0 fully saturated rings. The zero-order chi connectivity index (χ0) is 12.4. The van der Waals surface area contributed by atoms with Crippen molar-refractivity contribution in [3.8, 4) is 0 Å². The SMILES string of the molecule is Cc1cc(C(=O)OCc2sccc2C)n(C)n1. The maximum Gasteiger partial charge on any atom is 0.356 e. The van der Waals surface area contributed by atoms with E-state index >= 15 is 0 Å². The molecule has 2 aromatic heterocycles. The van der Waals surface area contributed by atoms with E-state index in [0.29, 0.717) is 12.3 Å². The lowest BCUT2D eigenvalue weighted by Crippen LogP contribution is -2.10. The van der Waals surface area contributed by atoms with Crippen LogP contribution in [-0.2, 0) is 18.4 Å². The van der Waals surface area contributed by atoms with Crippen molar-refractivity contribution in [2.75, 3.05) is 0 Å². The van der Waals surface area contributed by atoms with Gasteiger partial charge in [0.1, 0.15) is 12.3 Å². The Hall–Kier alpha value is -1.62. The Balaban J connectivity index is 2.03. The van der Waals surface area contributed by atoms with Crippen LogP contribution in [-0.4, -0.2) is 15.7 Å². The van der Waals surface area contributed by atoms with Gasteiger partial charge in [0.15, 0.2) is 0 Å². The van der Waals surface area contributed by atoms with E-state index in [9.17, 15) is 4.79 Å².